The Morgan fingerprint density at radius 3 is 2.64 bits per heavy atom. The summed E-state index contributed by atoms with van der Waals surface area (Å²) in [6.45, 7) is 0. The third-order valence-electron chi connectivity index (χ3n) is 2.14. The van der Waals surface area contributed by atoms with E-state index in [4.69, 9.17) is 0 Å². The molecule has 2 aromatic rings. The van der Waals surface area contributed by atoms with E-state index in [1.165, 1.54) is 12.1 Å². The molecule has 0 bridgehead atoms. The van der Waals surface area contributed by atoms with Gasteiger partial charge in [-0.2, -0.15) is 8.42 Å². The van der Waals surface area contributed by atoms with E-state index in [1.807, 2.05) is 6.07 Å². The first-order chi connectivity index (χ1) is 6.48. The number of halogens is 1. The highest BCUT2D eigenvalue weighted by Crippen LogP contribution is 2.20. The second-order valence-corrected chi connectivity index (χ2v) is 4.43. The molecule has 0 aliphatic rings. The van der Waals surface area contributed by atoms with Gasteiger partial charge in [-0.15, -0.1) is 3.89 Å². The zero-order valence-electron chi connectivity index (χ0n) is 7.44. The Balaban J connectivity index is 2.79. The highest BCUT2D eigenvalue weighted by atomic mass is 32.3. The molecule has 1 aromatic heterocycles. The molecule has 1 aromatic carbocycles. The average Bonchev–Trinajstić information content (AvgIpc) is 2.46. The van der Waals surface area contributed by atoms with Crippen molar-refractivity contribution in [3.8, 4) is 0 Å². The van der Waals surface area contributed by atoms with Crippen molar-refractivity contribution in [3.05, 3.63) is 30.5 Å². The van der Waals surface area contributed by atoms with Gasteiger partial charge in [0, 0.05) is 18.8 Å². The van der Waals surface area contributed by atoms with Gasteiger partial charge < -0.3 is 4.57 Å². The van der Waals surface area contributed by atoms with E-state index in [0.717, 1.165) is 5.39 Å². The fraction of sp³-hybridized carbons (Fsp3) is 0.111. The van der Waals surface area contributed by atoms with Crippen molar-refractivity contribution in [1.82, 2.24) is 4.57 Å². The highest BCUT2D eigenvalue weighted by molar-refractivity contribution is 7.86. The lowest BCUT2D eigenvalue weighted by molar-refractivity contribution is 0.552. The normalized spacial score (nSPS) is 12.1. The second kappa shape index (κ2) is 2.81. The highest BCUT2D eigenvalue weighted by Gasteiger charge is 2.12. The zero-order valence-corrected chi connectivity index (χ0v) is 8.25. The van der Waals surface area contributed by atoms with Crippen molar-refractivity contribution in [2.75, 3.05) is 0 Å². The first kappa shape index (κ1) is 9.21. The van der Waals surface area contributed by atoms with Crippen LogP contribution in [0, 0.1) is 0 Å². The van der Waals surface area contributed by atoms with Gasteiger partial charge in [0.1, 0.15) is 4.90 Å². The minimum absolute atomic E-state index is 0.299. The van der Waals surface area contributed by atoms with Crippen molar-refractivity contribution in [1.29, 1.82) is 0 Å². The summed E-state index contributed by atoms with van der Waals surface area (Å²) in [7, 11) is -2.83. The zero-order chi connectivity index (χ0) is 10.3. The molecule has 1 heterocycles. The summed E-state index contributed by atoms with van der Waals surface area (Å²) in [5.41, 5.74) is 0.698. The molecule has 0 saturated heterocycles. The topological polar surface area (TPSA) is 39.1 Å². The van der Waals surface area contributed by atoms with Crippen LogP contribution in [0.5, 0.6) is 0 Å². The van der Waals surface area contributed by atoms with Crippen LogP contribution in [0.4, 0.5) is 3.89 Å². The van der Waals surface area contributed by atoms with E-state index < -0.39 is 10.2 Å². The van der Waals surface area contributed by atoms with E-state index in [0.29, 0.717) is 5.52 Å². The maximum absolute atomic E-state index is 12.7. The van der Waals surface area contributed by atoms with E-state index in [1.54, 1.807) is 23.9 Å². The Hall–Kier alpha value is -1.36. The fourth-order valence-electron chi connectivity index (χ4n) is 1.39. The fourth-order valence-corrected chi connectivity index (χ4v) is 1.88. The summed E-state index contributed by atoms with van der Waals surface area (Å²) < 4.78 is 35.7. The molecule has 0 fully saturated rings. The summed E-state index contributed by atoms with van der Waals surface area (Å²) in [5, 5.41) is 0.889. The SMILES string of the molecule is Cn1ccc2ccc(S(=O)(=O)F)cc21. The van der Waals surface area contributed by atoms with Gasteiger partial charge in [-0.3, -0.25) is 0 Å². The molecule has 74 valence electrons. The number of aromatic nitrogens is 1. The van der Waals surface area contributed by atoms with Crippen LogP contribution >= 0.6 is 0 Å². The number of hydrogen-bond donors (Lipinski definition) is 0. The number of fused-ring (bicyclic) bond motifs is 1. The molecule has 0 radical (unpaired) electrons. The Bertz CT molecular complexity index is 586. The molecule has 0 spiro atoms. The largest absolute Gasteiger partial charge is 0.351 e. The first-order valence-corrected chi connectivity index (χ1v) is 5.36. The maximum atomic E-state index is 12.7. The second-order valence-electron chi connectivity index (χ2n) is 3.09. The first-order valence-electron chi connectivity index (χ1n) is 3.98. The van der Waals surface area contributed by atoms with Crippen molar-refractivity contribution in [2.45, 2.75) is 4.90 Å². The summed E-state index contributed by atoms with van der Waals surface area (Å²) in [6.07, 6.45) is 1.79. The molecule has 0 aliphatic carbocycles. The van der Waals surface area contributed by atoms with E-state index in [2.05, 4.69) is 0 Å². The van der Waals surface area contributed by atoms with Gasteiger partial charge in [-0.25, -0.2) is 0 Å². The van der Waals surface area contributed by atoms with Gasteiger partial charge >= 0.3 is 10.2 Å². The summed E-state index contributed by atoms with van der Waals surface area (Å²) in [5.74, 6) is 0. The minimum Gasteiger partial charge on any atom is -0.351 e. The molecular formula is C9H8FNO2S. The van der Waals surface area contributed by atoms with Gasteiger partial charge in [-0.1, -0.05) is 6.07 Å². The van der Waals surface area contributed by atoms with Gasteiger partial charge in [0.2, 0.25) is 0 Å². The number of benzene rings is 1. The number of hydrogen-bond acceptors (Lipinski definition) is 2. The van der Waals surface area contributed by atoms with Crippen LogP contribution in [0.3, 0.4) is 0 Å². The Morgan fingerprint density at radius 2 is 2.00 bits per heavy atom. The van der Waals surface area contributed by atoms with Crippen molar-refractivity contribution >= 4 is 21.1 Å². The lowest BCUT2D eigenvalue weighted by atomic mass is 10.2. The molecule has 0 atom stereocenters. The molecule has 2 rings (SSSR count). The van der Waals surface area contributed by atoms with Crippen LogP contribution in [0.15, 0.2) is 35.4 Å². The van der Waals surface area contributed by atoms with Crippen LogP contribution in [-0.4, -0.2) is 13.0 Å². The lowest BCUT2D eigenvalue weighted by Crippen LogP contribution is -1.92. The van der Waals surface area contributed by atoms with Gasteiger partial charge in [0.05, 0.1) is 0 Å². The molecule has 0 unspecified atom stereocenters. The molecule has 5 heteroatoms. The number of nitrogens with zero attached hydrogens (tertiary/aromatic N) is 1. The molecular weight excluding hydrogens is 205 g/mol. The molecule has 0 aliphatic heterocycles. The lowest BCUT2D eigenvalue weighted by Gasteiger charge is -1.98. The molecule has 14 heavy (non-hydrogen) atoms. The van der Waals surface area contributed by atoms with Crippen molar-refractivity contribution in [2.24, 2.45) is 7.05 Å². The predicted molar refractivity (Wildman–Crippen MR) is 51.2 cm³/mol. The third kappa shape index (κ3) is 1.39. The minimum atomic E-state index is -4.60. The molecule has 0 N–H and O–H groups in total. The summed E-state index contributed by atoms with van der Waals surface area (Å²) in [4.78, 5) is -0.299. The number of rotatable bonds is 1. The van der Waals surface area contributed by atoms with Crippen LogP contribution in [0.1, 0.15) is 0 Å². The Kier molecular flexibility index (Phi) is 1.85. The third-order valence-corrected chi connectivity index (χ3v) is 2.96. The van der Waals surface area contributed by atoms with E-state index in [-0.39, 0.29) is 4.90 Å². The van der Waals surface area contributed by atoms with Crippen LogP contribution < -0.4 is 0 Å². The molecule has 0 amide bonds. The van der Waals surface area contributed by atoms with E-state index in [9.17, 15) is 12.3 Å². The smallest absolute Gasteiger partial charge is 0.332 e. The average molecular weight is 213 g/mol. The van der Waals surface area contributed by atoms with E-state index >= 15 is 0 Å². The quantitative estimate of drug-likeness (QED) is 0.678. The molecule has 3 nitrogen and oxygen atoms in total. The molecule has 0 saturated carbocycles. The van der Waals surface area contributed by atoms with Crippen molar-refractivity contribution < 1.29 is 12.3 Å². The predicted octanol–water partition coefficient (Wildman–Crippen LogP) is 1.84. The van der Waals surface area contributed by atoms with Gasteiger partial charge in [0.25, 0.3) is 0 Å². The monoisotopic (exact) mass is 213 g/mol. The van der Waals surface area contributed by atoms with Crippen LogP contribution in [-0.2, 0) is 17.3 Å². The summed E-state index contributed by atoms with van der Waals surface area (Å²) >= 11 is 0. The number of aryl methyl sites for hydroxylation is 1. The van der Waals surface area contributed by atoms with Gasteiger partial charge in [-0.05, 0) is 23.6 Å². The Labute approximate surface area is 81.0 Å². The van der Waals surface area contributed by atoms with Crippen molar-refractivity contribution in [3.63, 3.8) is 0 Å². The standard InChI is InChI=1S/C9H8FNO2S/c1-11-5-4-7-2-3-8(6-9(7)11)14(10,12)13/h2-6H,1H3. The van der Waals surface area contributed by atoms with Gasteiger partial charge in [0.15, 0.2) is 0 Å². The Morgan fingerprint density at radius 1 is 1.29 bits per heavy atom. The summed E-state index contributed by atoms with van der Waals surface area (Å²) in [6, 6.07) is 6.01. The van der Waals surface area contributed by atoms with Crippen LogP contribution in [0.2, 0.25) is 0 Å². The van der Waals surface area contributed by atoms with Crippen LogP contribution in [0.25, 0.3) is 10.9 Å². The maximum Gasteiger partial charge on any atom is 0.332 e.